The molecule has 2 rings (SSSR count). The smallest absolute Gasteiger partial charge is 0.141 e. The van der Waals surface area contributed by atoms with Gasteiger partial charge in [0.05, 0.1) is 10.7 Å². The van der Waals surface area contributed by atoms with Gasteiger partial charge in [0.2, 0.25) is 0 Å². The third kappa shape index (κ3) is 3.01. The maximum Gasteiger partial charge on any atom is 0.141 e. The van der Waals surface area contributed by atoms with Crippen molar-refractivity contribution in [2.75, 3.05) is 7.11 Å². The van der Waals surface area contributed by atoms with Gasteiger partial charge < -0.3 is 4.74 Å². The van der Waals surface area contributed by atoms with E-state index in [1.54, 1.807) is 19.2 Å². The number of benzene rings is 2. The van der Waals surface area contributed by atoms with Crippen LogP contribution >= 0.6 is 38.5 Å². The van der Waals surface area contributed by atoms with Crippen LogP contribution in [-0.4, -0.2) is 7.11 Å². The minimum atomic E-state index is -0.237. The van der Waals surface area contributed by atoms with Crippen LogP contribution in [0.15, 0.2) is 34.8 Å². The Morgan fingerprint density at radius 1 is 1.20 bits per heavy atom. The molecule has 1 nitrogen and oxygen atoms in total. The van der Waals surface area contributed by atoms with Crippen molar-refractivity contribution in [3.05, 3.63) is 49.8 Å². The second kappa shape index (κ2) is 6.43. The van der Waals surface area contributed by atoms with Crippen LogP contribution in [0.5, 0.6) is 5.75 Å². The van der Waals surface area contributed by atoms with Gasteiger partial charge in [0.15, 0.2) is 0 Å². The Kier molecular flexibility index (Phi) is 5.07. The van der Waals surface area contributed by atoms with Crippen molar-refractivity contribution in [1.29, 1.82) is 0 Å². The van der Waals surface area contributed by atoms with E-state index in [9.17, 15) is 4.39 Å². The van der Waals surface area contributed by atoms with E-state index in [4.69, 9.17) is 4.74 Å². The molecule has 0 radical (unpaired) electrons. The zero-order chi connectivity index (χ0) is 14.9. The summed E-state index contributed by atoms with van der Waals surface area (Å²) in [5.74, 6) is 0.968. The lowest BCUT2D eigenvalue weighted by Gasteiger charge is -2.18. The molecular formula is C16H15BrFIO. The molecule has 0 fully saturated rings. The Morgan fingerprint density at radius 2 is 1.80 bits per heavy atom. The molecule has 0 amide bonds. The highest BCUT2D eigenvalue weighted by molar-refractivity contribution is 14.1. The van der Waals surface area contributed by atoms with E-state index in [-0.39, 0.29) is 5.82 Å². The molecule has 0 aliphatic rings. The largest absolute Gasteiger partial charge is 0.495 e. The summed E-state index contributed by atoms with van der Waals surface area (Å²) in [4.78, 5) is 0. The van der Waals surface area contributed by atoms with Gasteiger partial charge in [0, 0.05) is 10.0 Å². The van der Waals surface area contributed by atoms with Gasteiger partial charge in [0.25, 0.3) is 0 Å². The first-order valence-electron chi connectivity index (χ1n) is 6.27. The third-order valence-electron chi connectivity index (χ3n) is 3.16. The molecule has 2 aromatic carbocycles. The molecule has 0 unspecified atom stereocenters. The number of ether oxygens (including phenoxy) is 1. The van der Waals surface area contributed by atoms with Crippen molar-refractivity contribution in [2.24, 2.45) is 0 Å². The molecule has 4 heteroatoms. The fourth-order valence-electron chi connectivity index (χ4n) is 2.12. The molecule has 2 aromatic rings. The third-order valence-corrected chi connectivity index (χ3v) is 4.81. The molecule has 0 saturated heterocycles. The highest BCUT2D eigenvalue weighted by Crippen LogP contribution is 2.43. The molecule has 0 aliphatic carbocycles. The molecule has 0 heterocycles. The molecule has 0 N–H and O–H groups in total. The van der Waals surface area contributed by atoms with Gasteiger partial charge in [-0.25, -0.2) is 4.39 Å². The lowest BCUT2D eigenvalue weighted by atomic mass is 9.96. The molecule has 0 saturated carbocycles. The Bertz CT molecular complexity index is 623. The fourth-order valence-corrected chi connectivity index (χ4v) is 3.93. The number of hydrogen-bond acceptors (Lipinski definition) is 1. The molecule has 0 spiro atoms. The Hall–Kier alpha value is -0.620. The van der Waals surface area contributed by atoms with Gasteiger partial charge in [-0.05, 0) is 73.8 Å². The Balaban J connectivity index is 2.74. The van der Waals surface area contributed by atoms with Crippen molar-refractivity contribution < 1.29 is 9.13 Å². The van der Waals surface area contributed by atoms with Crippen molar-refractivity contribution in [3.63, 3.8) is 0 Å². The summed E-state index contributed by atoms with van der Waals surface area (Å²) in [6.07, 6.45) is 0. The van der Waals surface area contributed by atoms with Crippen LogP contribution in [0.1, 0.15) is 25.3 Å². The molecule has 106 valence electrons. The summed E-state index contributed by atoms with van der Waals surface area (Å²) in [5, 5.41) is 0. The van der Waals surface area contributed by atoms with Crippen LogP contribution in [-0.2, 0) is 0 Å². The molecule has 20 heavy (non-hydrogen) atoms. The average Bonchev–Trinajstić information content (AvgIpc) is 2.41. The van der Waals surface area contributed by atoms with Gasteiger partial charge in [-0.1, -0.05) is 26.0 Å². The van der Waals surface area contributed by atoms with Gasteiger partial charge in [-0.3, -0.25) is 0 Å². The summed E-state index contributed by atoms with van der Waals surface area (Å²) in [6, 6.07) is 8.61. The van der Waals surface area contributed by atoms with E-state index in [2.05, 4.69) is 58.4 Å². The van der Waals surface area contributed by atoms with Gasteiger partial charge in [0.1, 0.15) is 11.6 Å². The van der Waals surface area contributed by atoms with Crippen molar-refractivity contribution in [3.8, 4) is 16.9 Å². The van der Waals surface area contributed by atoms with E-state index in [0.717, 1.165) is 24.9 Å². The number of hydrogen-bond donors (Lipinski definition) is 0. The number of rotatable bonds is 3. The zero-order valence-corrected chi connectivity index (χ0v) is 15.2. The summed E-state index contributed by atoms with van der Waals surface area (Å²) in [7, 11) is 1.66. The lowest BCUT2D eigenvalue weighted by molar-refractivity contribution is 0.413. The topological polar surface area (TPSA) is 9.23 Å². The second-order valence-corrected chi connectivity index (χ2v) is 6.79. The van der Waals surface area contributed by atoms with Crippen LogP contribution < -0.4 is 4.74 Å². The summed E-state index contributed by atoms with van der Waals surface area (Å²) in [6.45, 7) is 4.30. The summed E-state index contributed by atoms with van der Waals surface area (Å²) >= 11 is 5.96. The summed E-state index contributed by atoms with van der Waals surface area (Å²) < 4.78 is 20.7. The second-order valence-electron chi connectivity index (χ2n) is 4.83. The first-order valence-corrected chi connectivity index (χ1v) is 8.14. The SMILES string of the molecule is COc1c(I)cc(C(C)C)c(Br)c1-c1ccc(F)cc1. The van der Waals surface area contributed by atoms with E-state index < -0.39 is 0 Å². The monoisotopic (exact) mass is 448 g/mol. The van der Waals surface area contributed by atoms with Crippen LogP contribution in [0.25, 0.3) is 11.1 Å². The standard InChI is InChI=1S/C16H15BrFIO/c1-9(2)12-8-13(19)16(20-3)14(15(12)17)10-4-6-11(18)7-5-10/h4-9H,1-3H3. The molecular weight excluding hydrogens is 434 g/mol. The molecule has 0 aliphatic heterocycles. The maximum atomic E-state index is 13.1. The van der Waals surface area contributed by atoms with Gasteiger partial charge in [-0.2, -0.15) is 0 Å². The van der Waals surface area contributed by atoms with Crippen LogP contribution in [0.4, 0.5) is 4.39 Å². The quantitative estimate of drug-likeness (QED) is 0.524. The van der Waals surface area contributed by atoms with E-state index in [0.29, 0.717) is 5.92 Å². The Labute approximate surface area is 140 Å². The minimum Gasteiger partial charge on any atom is -0.495 e. The zero-order valence-electron chi connectivity index (χ0n) is 11.5. The predicted octanol–water partition coefficient (Wildman–Crippen LogP) is 5.99. The highest BCUT2D eigenvalue weighted by atomic mass is 127. The minimum absolute atomic E-state index is 0.237. The maximum absolute atomic E-state index is 13.1. The van der Waals surface area contributed by atoms with Crippen molar-refractivity contribution in [2.45, 2.75) is 19.8 Å². The van der Waals surface area contributed by atoms with Crippen molar-refractivity contribution in [1.82, 2.24) is 0 Å². The first kappa shape index (κ1) is 15.8. The normalized spacial score (nSPS) is 10.9. The number of halogens is 3. The van der Waals surface area contributed by atoms with E-state index in [1.807, 2.05) is 0 Å². The van der Waals surface area contributed by atoms with E-state index >= 15 is 0 Å². The first-order chi connectivity index (χ1) is 9.45. The van der Waals surface area contributed by atoms with Crippen LogP contribution in [0.3, 0.4) is 0 Å². The average molecular weight is 449 g/mol. The van der Waals surface area contributed by atoms with Crippen molar-refractivity contribution >= 4 is 38.5 Å². The number of methoxy groups -OCH3 is 1. The van der Waals surface area contributed by atoms with Crippen LogP contribution in [0, 0.1) is 9.39 Å². The summed E-state index contributed by atoms with van der Waals surface area (Å²) in [5.41, 5.74) is 3.13. The Morgan fingerprint density at radius 3 is 2.30 bits per heavy atom. The lowest BCUT2D eigenvalue weighted by Crippen LogP contribution is -1.98. The highest BCUT2D eigenvalue weighted by Gasteiger charge is 2.19. The molecule has 0 bridgehead atoms. The predicted molar refractivity (Wildman–Crippen MR) is 92.9 cm³/mol. The van der Waals surface area contributed by atoms with E-state index in [1.165, 1.54) is 17.7 Å². The van der Waals surface area contributed by atoms with Crippen LogP contribution in [0.2, 0.25) is 0 Å². The van der Waals surface area contributed by atoms with Gasteiger partial charge >= 0.3 is 0 Å². The van der Waals surface area contributed by atoms with Gasteiger partial charge in [-0.15, -0.1) is 0 Å². The fraction of sp³-hybridized carbons (Fsp3) is 0.250. The molecule has 0 aromatic heterocycles. The molecule has 0 atom stereocenters.